The molecule has 2 aromatic carbocycles. The van der Waals surface area contributed by atoms with Gasteiger partial charge in [0.15, 0.2) is 31.3 Å². The Bertz CT molecular complexity index is 2080. The van der Waals surface area contributed by atoms with Gasteiger partial charge in [-0.25, -0.2) is 25.6 Å². The van der Waals surface area contributed by atoms with Gasteiger partial charge < -0.3 is 22.1 Å². The number of nitrogens with one attached hydrogen (secondary N) is 2. The maximum atomic E-state index is 13.0. The number of nitrogens with two attached hydrogens (primary N) is 2. The van der Waals surface area contributed by atoms with Crippen LogP contribution in [0, 0.1) is 46.1 Å². The molecule has 4 atom stereocenters. The molecule has 2 aromatic heterocycles. The summed E-state index contributed by atoms with van der Waals surface area (Å²) in [5, 5.41) is 32.4. The van der Waals surface area contributed by atoms with Crippen LogP contribution in [0.3, 0.4) is 0 Å². The molecule has 0 radical (unpaired) electrons. The molecule has 20 heteroatoms. The van der Waals surface area contributed by atoms with E-state index in [0.29, 0.717) is 11.4 Å². The number of aromatic nitrogens is 4. The summed E-state index contributed by atoms with van der Waals surface area (Å²) in [5.74, 6) is -4.62. The molecule has 4 heterocycles. The highest BCUT2D eigenvalue weighted by molar-refractivity contribution is 7.92. The summed E-state index contributed by atoms with van der Waals surface area (Å²) in [4.78, 5) is 23.3. The number of anilines is 4. The minimum atomic E-state index is -3.35. The summed E-state index contributed by atoms with van der Waals surface area (Å²) >= 11 is 0. The molecule has 16 nitrogen and oxygen atoms in total. The number of halogens is 2. The summed E-state index contributed by atoms with van der Waals surface area (Å²) < 4.78 is 75.7. The second-order valence-corrected chi connectivity index (χ2v) is 15.8. The zero-order chi connectivity index (χ0) is 36.4. The number of sulfone groups is 2. The SMILES string of the molecule is N#C[C@@H]1CS(=O)(=O)CC1n1cc(C(N)=O)c(Nc2ccc(F)cc2)n1.N#C[C@H]1CS(=O)(=O)CC1n1cc(C(N)=O)c(Nc2ccc(F)cc2)n1. The van der Waals surface area contributed by atoms with Gasteiger partial charge in [-0.05, 0) is 48.5 Å². The van der Waals surface area contributed by atoms with Crippen molar-refractivity contribution < 1.29 is 35.2 Å². The van der Waals surface area contributed by atoms with E-state index in [1.807, 2.05) is 12.1 Å². The van der Waals surface area contributed by atoms with Gasteiger partial charge in [0.1, 0.15) is 22.8 Å². The number of benzene rings is 2. The molecule has 6 rings (SSSR count). The van der Waals surface area contributed by atoms with Crippen LogP contribution in [0.5, 0.6) is 0 Å². The largest absolute Gasteiger partial charge is 0.365 e. The molecule has 0 bridgehead atoms. The molecule has 4 aromatic rings. The molecule has 0 saturated carbocycles. The molecule has 2 amide bonds. The third-order valence-corrected chi connectivity index (χ3v) is 11.3. The van der Waals surface area contributed by atoms with Crippen LogP contribution in [-0.2, 0) is 19.7 Å². The minimum Gasteiger partial charge on any atom is -0.365 e. The normalized spacial score (nSPS) is 21.6. The Morgan fingerprint density at radius 2 is 1.02 bits per heavy atom. The molecule has 50 heavy (non-hydrogen) atoms. The predicted octanol–water partition coefficient (Wildman–Crippen LogP) is 1.95. The van der Waals surface area contributed by atoms with Crippen molar-refractivity contribution in [2.75, 3.05) is 33.6 Å². The lowest BCUT2D eigenvalue weighted by Gasteiger charge is -2.11. The van der Waals surface area contributed by atoms with Gasteiger partial charge in [-0.1, -0.05) is 0 Å². The van der Waals surface area contributed by atoms with E-state index >= 15 is 0 Å². The van der Waals surface area contributed by atoms with Crippen LogP contribution in [0.4, 0.5) is 31.8 Å². The van der Waals surface area contributed by atoms with Crippen molar-refractivity contribution in [2.45, 2.75) is 12.1 Å². The van der Waals surface area contributed by atoms with E-state index < -0.39 is 67.0 Å². The van der Waals surface area contributed by atoms with Gasteiger partial charge >= 0.3 is 0 Å². The molecule has 260 valence electrons. The second kappa shape index (κ2) is 13.9. The van der Waals surface area contributed by atoms with Gasteiger partial charge in [0.05, 0.1) is 59.1 Å². The zero-order valence-corrected chi connectivity index (χ0v) is 27.4. The Labute approximate surface area is 284 Å². The standard InChI is InChI=1S/2C15H14FN5O3S/c2*16-10-1-3-11(4-2-10)19-15-12(14(18)22)6-21(20-15)13-8-25(23,24)7-9(13)5-17/h2*1-4,6,9,13H,7-8H2,(H2,18,22)(H,19,20)/t2*9-,13?/m10/s1. The number of hydrogen-bond acceptors (Lipinski definition) is 12. The van der Waals surface area contributed by atoms with E-state index in [4.69, 9.17) is 11.5 Å². The van der Waals surface area contributed by atoms with E-state index in [2.05, 4.69) is 20.8 Å². The van der Waals surface area contributed by atoms with Gasteiger partial charge in [0, 0.05) is 23.8 Å². The number of carbonyl (C=O) groups excluding carboxylic acids is 2. The summed E-state index contributed by atoms with van der Waals surface area (Å²) in [7, 11) is -6.71. The molecule has 2 aliphatic rings. The van der Waals surface area contributed by atoms with Crippen molar-refractivity contribution in [3.8, 4) is 12.1 Å². The molecule has 2 unspecified atom stereocenters. The van der Waals surface area contributed by atoms with Gasteiger partial charge in [-0.15, -0.1) is 0 Å². The molecule has 0 aliphatic carbocycles. The first-order valence-corrected chi connectivity index (χ1v) is 18.3. The van der Waals surface area contributed by atoms with Gasteiger partial charge in [-0.2, -0.15) is 20.7 Å². The predicted molar refractivity (Wildman–Crippen MR) is 174 cm³/mol. The van der Waals surface area contributed by atoms with E-state index in [1.165, 1.54) is 70.3 Å². The third-order valence-electron chi connectivity index (χ3n) is 7.87. The lowest BCUT2D eigenvalue weighted by atomic mass is 10.1. The summed E-state index contributed by atoms with van der Waals surface area (Å²) in [6.45, 7) is 0. The molecule has 6 N–H and O–H groups in total. The Morgan fingerprint density at radius 1 is 0.680 bits per heavy atom. The Hall–Kier alpha value is -5.86. The Balaban J connectivity index is 0.000000194. The highest BCUT2D eigenvalue weighted by atomic mass is 32.2. The van der Waals surface area contributed by atoms with Crippen LogP contribution in [0.2, 0.25) is 0 Å². The van der Waals surface area contributed by atoms with Crippen LogP contribution in [0.25, 0.3) is 0 Å². The Morgan fingerprint density at radius 3 is 1.32 bits per heavy atom. The van der Waals surface area contributed by atoms with E-state index in [0.717, 1.165) is 0 Å². The minimum absolute atomic E-state index is 0.0466. The van der Waals surface area contributed by atoms with Crippen molar-refractivity contribution in [1.82, 2.24) is 19.6 Å². The smallest absolute Gasteiger partial charge is 0.254 e. The highest BCUT2D eigenvalue weighted by Crippen LogP contribution is 2.32. The van der Waals surface area contributed by atoms with Crippen molar-refractivity contribution in [3.63, 3.8) is 0 Å². The number of hydrogen-bond donors (Lipinski definition) is 4. The van der Waals surface area contributed by atoms with Crippen LogP contribution in [0.1, 0.15) is 32.8 Å². The van der Waals surface area contributed by atoms with Gasteiger partial charge in [-0.3, -0.25) is 19.0 Å². The van der Waals surface area contributed by atoms with Crippen molar-refractivity contribution in [2.24, 2.45) is 23.3 Å². The lowest BCUT2D eigenvalue weighted by molar-refractivity contribution is 0.0992. The number of amides is 2. The fraction of sp³-hybridized carbons (Fsp3) is 0.267. The third kappa shape index (κ3) is 8.05. The fourth-order valence-electron chi connectivity index (χ4n) is 5.43. The molecule has 2 aliphatic heterocycles. The average molecular weight is 727 g/mol. The molecule has 0 spiro atoms. The molecule has 2 saturated heterocycles. The number of nitriles is 2. The summed E-state index contributed by atoms with van der Waals surface area (Å²) in [6.07, 6.45) is 2.65. The van der Waals surface area contributed by atoms with Crippen molar-refractivity contribution >= 4 is 54.5 Å². The first-order chi connectivity index (χ1) is 23.6. The quantitative estimate of drug-likeness (QED) is 0.203. The average Bonchev–Trinajstić information content (AvgIpc) is 3.82. The van der Waals surface area contributed by atoms with Crippen LogP contribution in [-0.4, -0.2) is 71.2 Å². The first kappa shape index (κ1) is 35.4. The maximum absolute atomic E-state index is 13.0. The molecule has 2 fully saturated rings. The Kier molecular flexibility index (Phi) is 9.88. The fourth-order valence-corrected chi connectivity index (χ4v) is 9.20. The lowest BCUT2D eigenvalue weighted by Crippen LogP contribution is -2.17. The maximum Gasteiger partial charge on any atom is 0.254 e. The van der Waals surface area contributed by atoms with E-state index in [-0.39, 0.29) is 45.8 Å². The monoisotopic (exact) mass is 726 g/mol. The van der Waals surface area contributed by atoms with Crippen LogP contribution in [0.15, 0.2) is 60.9 Å². The number of rotatable bonds is 8. The van der Waals surface area contributed by atoms with E-state index in [1.54, 1.807) is 0 Å². The first-order valence-electron chi connectivity index (χ1n) is 14.6. The van der Waals surface area contributed by atoms with Crippen LogP contribution < -0.4 is 22.1 Å². The second-order valence-electron chi connectivity index (χ2n) is 11.5. The van der Waals surface area contributed by atoms with Crippen molar-refractivity contribution in [3.05, 3.63) is 83.7 Å². The molecular weight excluding hydrogens is 699 g/mol. The van der Waals surface area contributed by atoms with Gasteiger partial charge in [0.25, 0.3) is 11.8 Å². The van der Waals surface area contributed by atoms with E-state index in [9.17, 15) is 45.7 Å². The number of primary amides is 2. The number of carbonyl (C=O) groups is 2. The van der Waals surface area contributed by atoms with Crippen LogP contribution >= 0.6 is 0 Å². The zero-order valence-electron chi connectivity index (χ0n) is 25.8. The van der Waals surface area contributed by atoms with Gasteiger partial charge in [0.2, 0.25) is 0 Å². The number of nitrogens with zero attached hydrogens (tertiary/aromatic N) is 6. The topological polar surface area (TPSA) is 262 Å². The molecular formula is C30H28F2N10O6S2. The van der Waals surface area contributed by atoms with Crippen molar-refractivity contribution in [1.29, 1.82) is 10.5 Å². The summed E-state index contributed by atoms with van der Waals surface area (Å²) in [5.41, 5.74) is 11.7. The highest BCUT2D eigenvalue weighted by Gasteiger charge is 2.41. The summed E-state index contributed by atoms with van der Waals surface area (Å²) in [6, 6.07) is 13.3.